The molecule has 8 nitrogen and oxygen atoms in total. The molecule has 0 unspecified atom stereocenters. The van der Waals surface area contributed by atoms with Crippen molar-refractivity contribution in [1.82, 2.24) is 29.4 Å². The summed E-state index contributed by atoms with van der Waals surface area (Å²) in [4.78, 5) is 16.3. The van der Waals surface area contributed by atoms with Crippen molar-refractivity contribution in [2.24, 2.45) is 0 Å². The lowest BCUT2D eigenvalue weighted by atomic mass is 10.1. The first kappa shape index (κ1) is 23.3. The second kappa shape index (κ2) is 10.1. The first-order valence-corrected chi connectivity index (χ1v) is 13.1. The van der Waals surface area contributed by atoms with E-state index in [0.717, 1.165) is 34.2 Å². The highest BCUT2D eigenvalue weighted by molar-refractivity contribution is 7.13. The minimum atomic E-state index is 0.00466. The molecule has 9 heteroatoms. The number of benzene rings is 2. The molecule has 0 atom stereocenters. The summed E-state index contributed by atoms with van der Waals surface area (Å²) < 4.78 is 9.33. The fourth-order valence-corrected chi connectivity index (χ4v) is 5.35. The van der Waals surface area contributed by atoms with Gasteiger partial charge >= 0.3 is 0 Å². The van der Waals surface area contributed by atoms with Gasteiger partial charge in [0.15, 0.2) is 11.6 Å². The number of carbonyl (C=O) groups excluding carboxylic acids is 1. The van der Waals surface area contributed by atoms with Crippen LogP contribution in [-0.2, 0) is 24.4 Å². The Hall–Kier alpha value is -4.08. The minimum absolute atomic E-state index is 0.00466. The maximum Gasteiger partial charge on any atom is 0.254 e. The summed E-state index contributed by atoms with van der Waals surface area (Å²) in [6.45, 7) is 2.76. The molecule has 3 aromatic heterocycles. The number of thiophene rings is 1. The second-order valence-corrected chi connectivity index (χ2v) is 9.82. The van der Waals surface area contributed by atoms with E-state index in [1.807, 2.05) is 70.2 Å². The average molecular weight is 511 g/mol. The van der Waals surface area contributed by atoms with Crippen LogP contribution in [0.4, 0.5) is 0 Å². The monoisotopic (exact) mass is 510 g/mol. The molecule has 0 saturated carbocycles. The lowest BCUT2D eigenvalue weighted by Crippen LogP contribution is -2.38. The summed E-state index contributed by atoms with van der Waals surface area (Å²) in [6, 6.07) is 24.1. The Bertz CT molecular complexity index is 1510. The molecule has 1 amide bonds. The summed E-state index contributed by atoms with van der Waals surface area (Å²) in [5.41, 5.74) is 4.61. The molecule has 1 aliphatic rings. The Kier molecular flexibility index (Phi) is 6.38. The summed E-state index contributed by atoms with van der Waals surface area (Å²) in [5.74, 6) is 1.53. The van der Waals surface area contributed by atoms with Gasteiger partial charge < -0.3 is 14.2 Å². The highest BCUT2D eigenvalue weighted by atomic mass is 32.1. The van der Waals surface area contributed by atoms with Crippen LogP contribution in [0.5, 0.6) is 0 Å². The molecule has 0 fully saturated rings. The van der Waals surface area contributed by atoms with Crippen molar-refractivity contribution < 1.29 is 9.53 Å². The van der Waals surface area contributed by atoms with E-state index < -0.39 is 0 Å². The molecule has 186 valence electrons. The molecule has 0 aliphatic carbocycles. The molecule has 0 bridgehead atoms. The number of hydrogen-bond acceptors (Lipinski definition) is 6. The van der Waals surface area contributed by atoms with Crippen LogP contribution < -0.4 is 0 Å². The molecular formula is C28H26N6O2S. The van der Waals surface area contributed by atoms with E-state index in [1.54, 1.807) is 18.4 Å². The summed E-state index contributed by atoms with van der Waals surface area (Å²) >= 11 is 1.69. The average Bonchev–Trinajstić information content (AvgIpc) is 3.72. The summed E-state index contributed by atoms with van der Waals surface area (Å²) in [7, 11) is 1.68. The Labute approximate surface area is 218 Å². The number of methoxy groups -OCH3 is 1. The van der Waals surface area contributed by atoms with Crippen LogP contribution in [0.3, 0.4) is 0 Å². The number of nitrogens with zero attached hydrogens (tertiary/aromatic N) is 6. The van der Waals surface area contributed by atoms with E-state index in [-0.39, 0.29) is 5.91 Å². The highest BCUT2D eigenvalue weighted by Crippen LogP contribution is 2.28. The zero-order valence-electron chi connectivity index (χ0n) is 20.4. The highest BCUT2D eigenvalue weighted by Gasteiger charge is 2.27. The van der Waals surface area contributed by atoms with Gasteiger partial charge in [-0.3, -0.25) is 9.48 Å². The largest absolute Gasteiger partial charge is 0.383 e. The lowest BCUT2D eigenvalue weighted by Gasteiger charge is -2.28. The van der Waals surface area contributed by atoms with Crippen LogP contribution in [0.1, 0.15) is 16.2 Å². The minimum Gasteiger partial charge on any atom is -0.383 e. The van der Waals surface area contributed by atoms with Gasteiger partial charge in [-0.25, -0.2) is 0 Å². The lowest BCUT2D eigenvalue weighted by molar-refractivity contribution is 0.0708. The maximum atomic E-state index is 13.3. The van der Waals surface area contributed by atoms with Gasteiger partial charge in [-0.05, 0) is 35.2 Å². The number of fused-ring (bicyclic) bond motifs is 1. The van der Waals surface area contributed by atoms with Crippen LogP contribution >= 0.6 is 11.3 Å². The molecule has 0 spiro atoms. The fraction of sp³-hybridized carbons (Fsp3) is 0.214. The van der Waals surface area contributed by atoms with E-state index >= 15 is 0 Å². The maximum absolute atomic E-state index is 13.3. The van der Waals surface area contributed by atoms with Crippen molar-refractivity contribution in [3.05, 3.63) is 89.6 Å². The topological polar surface area (TPSA) is 78.1 Å². The van der Waals surface area contributed by atoms with Crippen LogP contribution in [-0.4, -0.2) is 55.6 Å². The number of hydrogen-bond donors (Lipinski definition) is 0. The van der Waals surface area contributed by atoms with Crippen molar-refractivity contribution in [2.75, 3.05) is 20.3 Å². The van der Waals surface area contributed by atoms with E-state index in [1.165, 1.54) is 4.88 Å². The standard InChI is InChI=1S/C28H26N6O2S/c1-36-16-15-34-24(18-23(31-34)20-6-3-2-4-7-20)27-30-29-26-19-32(13-14-33(26)27)28(35)22-11-9-21(10-12-22)25-8-5-17-37-25/h2-12,17-18H,13-16,19H2,1H3. The SMILES string of the molecule is COCCn1nc(-c2ccccc2)cc1-c1nnc2n1CCN(C(=O)c1ccc(-c3cccs3)cc1)C2. The third kappa shape index (κ3) is 4.59. The van der Waals surface area contributed by atoms with Crippen molar-refractivity contribution in [3.8, 4) is 33.2 Å². The van der Waals surface area contributed by atoms with E-state index in [0.29, 0.717) is 38.3 Å². The zero-order chi connectivity index (χ0) is 25.2. The molecule has 4 heterocycles. The van der Waals surface area contributed by atoms with Crippen LogP contribution in [0, 0.1) is 0 Å². The molecule has 1 aliphatic heterocycles. The molecule has 6 rings (SSSR count). The number of aromatic nitrogens is 5. The molecule has 0 saturated heterocycles. The number of rotatable bonds is 7. The molecule has 37 heavy (non-hydrogen) atoms. The predicted molar refractivity (Wildman–Crippen MR) is 143 cm³/mol. The predicted octanol–water partition coefficient (Wildman–Crippen LogP) is 4.84. The fourth-order valence-electron chi connectivity index (χ4n) is 4.62. The first-order valence-electron chi connectivity index (χ1n) is 12.2. The third-order valence-corrected chi connectivity index (χ3v) is 7.48. The number of ether oxygens (including phenoxy) is 1. The van der Waals surface area contributed by atoms with Gasteiger partial charge in [-0.15, -0.1) is 21.5 Å². The van der Waals surface area contributed by atoms with Gasteiger partial charge in [-0.2, -0.15) is 5.10 Å². The van der Waals surface area contributed by atoms with E-state index in [2.05, 4.69) is 32.3 Å². The van der Waals surface area contributed by atoms with Crippen LogP contribution in [0.15, 0.2) is 78.2 Å². The molecule has 2 aromatic carbocycles. The Morgan fingerprint density at radius 2 is 1.81 bits per heavy atom. The van der Waals surface area contributed by atoms with Crippen molar-refractivity contribution in [3.63, 3.8) is 0 Å². The van der Waals surface area contributed by atoms with Crippen molar-refractivity contribution in [2.45, 2.75) is 19.6 Å². The molecule has 5 aromatic rings. The van der Waals surface area contributed by atoms with Gasteiger partial charge in [0, 0.05) is 36.2 Å². The van der Waals surface area contributed by atoms with E-state index in [9.17, 15) is 4.79 Å². The van der Waals surface area contributed by atoms with Gasteiger partial charge in [-0.1, -0.05) is 48.5 Å². The number of carbonyl (C=O) groups is 1. The zero-order valence-corrected chi connectivity index (χ0v) is 21.3. The second-order valence-electron chi connectivity index (χ2n) is 8.87. The van der Waals surface area contributed by atoms with Gasteiger partial charge in [0.2, 0.25) is 0 Å². The first-order chi connectivity index (χ1) is 18.2. The van der Waals surface area contributed by atoms with Crippen LogP contribution in [0.25, 0.3) is 33.2 Å². The Balaban J connectivity index is 1.24. The van der Waals surface area contributed by atoms with Crippen molar-refractivity contribution >= 4 is 17.2 Å². The van der Waals surface area contributed by atoms with Crippen molar-refractivity contribution in [1.29, 1.82) is 0 Å². The molecular weight excluding hydrogens is 484 g/mol. The van der Waals surface area contributed by atoms with Gasteiger partial charge in [0.1, 0.15) is 5.69 Å². The smallest absolute Gasteiger partial charge is 0.254 e. The van der Waals surface area contributed by atoms with Gasteiger partial charge in [0.05, 0.1) is 25.4 Å². The summed E-state index contributed by atoms with van der Waals surface area (Å²) in [5, 5.41) is 15.9. The quantitative estimate of drug-likeness (QED) is 0.313. The molecule has 0 N–H and O–H groups in total. The van der Waals surface area contributed by atoms with Crippen LogP contribution in [0.2, 0.25) is 0 Å². The number of amides is 1. The van der Waals surface area contributed by atoms with Gasteiger partial charge in [0.25, 0.3) is 5.91 Å². The Morgan fingerprint density at radius 3 is 2.57 bits per heavy atom. The Morgan fingerprint density at radius 1 is 0.973 bits per heavy atom. The van der Waals surface area contributed by atoms with E-state index in [4.69, 9.17) is 9.84 Å². The summed E-state index contributed by atoms with van der Waals surface area (Å²) in [6.07, 6.45) is 0. The normalized spacial score (nSPS) is 13.1. The third-order valence-electron chi connectivity index (χ3n) is 6.56. The molecule has 0 radical (unpaired) electrons.